The summed E-state index contributed by atoms with van der Waals surface area (Å²) in [5.41, 5.74) is -2.49. The van der Waals surface area contributed by atoms with Crippen LogP contribution in [0, 0.1) is 16.7 Å². The lowest BCUT2D eigenvalue weighted by molar-refractivity contribution is -0.176. The molecule has 0 aliphatic heterocycles. The number of alkyl halides is 1. The van der Waals surface area contributed by atoms with Crippen LogP contribution in [-0.2, 0) is 19.1 Å². The summed E-state index contributed by atoms with van der Waals surface area (Å²) in [6.07, 6.45) is 5.17. The van der Waals surface area contributed by atoms with E-state index < -0.39 is 51.3 Å². The molecule has 0 aromatic heterocycles. The SMILES string of the molecule is CC(=O)OCC(=O)[C@@]1(O)[C@H](O)C=C2[C@@H]3CCC4=CC(=O)C=C[C@]4(C)[C@@]3(Br)[C@@H](O)C[C@@]21C. The summed E-state index contributed by atoms with van der Waals surface area (Å²) < 4.78 is 3.92. The zero-order valence-corrected chi connectivity index (χ0v) is 19.3. The molecule has 2 fully saturated rings. The highest BCUT2D eigenvalue weighted by atomic mass is 79.9. The van der Waals surface area contributed by atoms with Gasteiger partial charge in [0.05, 0.1) is 10.4 Å². The number of hydrogen-bond acceptors (Lipinski definition) is 7. The molecule has 7 nitrogen and oxygen atoms in total. The van der Waals surface area contributed by atoms with E-state index in [0.717, 1.165) is 12.5 Å². The lowest BCUT2D eigenvalue weighted by atomic mass is 9.47. The first-order valence-corrected chi connectivity index (χ1v) is 11.2. The van der Waals surface area contributed by atoms with Gasteiger partial charge in [-0.15, -0.1) is 0 Å². The van der Waals surface area contributed by atoms with Gasteiger partial charge in [-0.2, -0.15) is 0 Å². The number of aliphatic hydroxyl groups excluding tert-OH is 2. The molecule has 4 aliphatic carbocycles. The average molecular weight is 495 g/mol. The number of allylic oxidation sites excluding steroid dienone is 4. The van der Waals surface area contributed by atoms with Gasteiger partial charge in [-0.05, 0) is 37.3 Å². The van der Waals surface area contributed by atoms with Crippen molar-refractivity contribution in [1.82, 2.24) is 0 Å². The molecule has 31 heavy (non-hydrogen) atoms. The normalized spacial score (nSPS) is 45.8. The number of aliphatic hydroxyl groups is 3. The lowest BCUT2D eigenvalue weighted by Gasteiger charge is -2.62. The number of Topliss-reactive ketones (excluding diaryl/α,β-unsaturated/α-hetero) is 1. The highest BCUT2D eigenvalue weighted by molar-refractivity contribution is 9.10. The highest BCUT2D eigenvalue weighted by Gasteiger charge is 2.72. The molecule has 4 aliphatic rings. The number of halogens is 1. The van der Waals surface area contributed by atoms with Gasteiger partial charge < -0.3 is 20.1 Å². The van der Waals surface area contributed by atoms with Crippen molar-refractivity contribution in [2.45, 2.75) is 62.2 Å². The van der Waals surface area contributed by atoms with E-state index in [1.54, 1.807) is 13.0 Å². The molecule has 0 aromatic rings. The topological polar surface area (TPSA) is 121 Å². The van der Waals surface area contributed by atoms with Crippen LogP contribution >= 0.6 is 15.9 Å². The average Bonchev–Trinajstić information content (AvgIpc) is 2.89. The second kappa shape index (κ2) is 6.94. The highest BCUT2D eigenvalue weighted by Crippen LogP contribution is 2.69. The lowest BCUT2D eigenvalue weighted by Crippen LogP contribution is -2.68. The first kappa shape index (κ1) is 22.6. The minimum Gasteiger partial charge on any atom is -0.458 e. The van der Waals surface area contributed by atoms with Gasteiger partial charge in [0.1, 0.15) is 6.10 Å². The number of ether oxygens (including phenoxy) is 1. The van der Waals surface area contributed by atoms with E-state index in [4.69, 9.17) is 4.74 Å². The molecule has 0 saturated heterocycles. The molecule has 8 heteroatoms. The van der Waals surface area contributed by atoms with E-state index in [-0.39, 0.29) is 18.1 Å². The van der Waals surface area contributed by atoms with Crippen LogP contribution in [0.2, 0.25) is 0 Å². The number of ketones is 2. The summed E-state index contributed by atoms with van der Waals surface area (Å²) in [6.45, 7) is 4.14. The van der Waals surface area contributed by atoms with Crippen molar-refractivity contribution >= 4 is 33.5 Å². The van der Waals surface area contributed by atoms with E-state index in [0.29, 0.717) is 18.4 Å². The number of hydrogen-bond donors (Lipinski definition) is 3. The van der Waals surface area contributed by atoms with Crippen molar-refractivity contribution in [2.24, 2.45) is 16.7 Å². The van der Waals surface area contributed by atoms with Crippen LogP contribution in [0.25, 0.3) is 0 Å². The van der Waals surface area contributed by atoms with Gasteiger partial charge in [0.25, 0.3) is 0 Å². The first-order valence-electron chi connectivity index (χ1n) is 10.4. The predicted molar refractivity (Wildman–Crippen MR) is 114 cm³/mol. The van der Waals surface area contributed by atoms with Crippen LogP contribution in [-0.4, -0.2) is 61.6 Å². The minimum atomic E-state index is -2.22. The number of carbonyl (C=O) groups excluding carboxylic acids is 3. The minimum absolute atomic E-state index is 0.00457. The zero-order valence-electron chi connectivity index (χ0n) is 17.7. The third-order valence-electron chi connectivity index (χ3n) is 8.11. The number of carbonyl (C=O) groups is 3. The maximum Gasteiger partial charge on any atom is 0.303 e. The van der Waals surface area contributed by atoms with E-state index in [2.05, 4.69) is 15.9 Å². The van der Waals surface area contributed by atoms with Crippen molar-refractivity contribution < 1.29 is 34.4 Å². The Morgan fingerprint density at radius 2 is 1.97 bits per heavy atom. The second-order valence-corrected chi connectivity index (χ2v) is 10.9. The molecule has 0 heterocycles. The summed E-state index contributed by atoms with van der Waals surface area (Å²) in [6, 6.07) is 0. The van der Waals surface area contributed by atoms with Crippen molar-refractivity contribution in [2.75, 3.05) is 6.61 Å². The summed E-state index contributed by atoms with van der Waals surface area (Å²) in [7, 11) is 0. The Kier molecular flexibility index (Phi) is 5.06. The van der Waals surface area contributed by atoms with Crippen LogP contribution in [0.15, 0.2) is 35.5 Å². The van der Waals surface area contributed by atoms with Crippen LogP contribution in [0.5, 0.6) is 0 Å². The summed E-state index contributed by atoms with van der Waals surface area (Å²) in [5.74, 6) is -1.85. The first-order chi connectivity index (χ1) is 14.3. The molecular weight excluding hydrogens is 468 g/mol. The predicted octanol–water partition coefficient (Wildman–Crippen LogP) is 1.54. The van der Waals surface area contributed by atoms with Crippen LogP contribution < -0.4 is 0 Å². The Bertz CT molecular complexity index is 967. The maximum atomic E-state index is 12.9. The molecule has 0 aromatic carbocycles. The third-order valence-corrected chi connectivity index (χ3v) is 10.0. The Balaban J connectivity index is 1.78. The molecule has 0 spiro atoms. The molecule has 0 bridgehead atoms. The zero-order chi connectivity index (χ0) is 23.0. The Morgan fingerprint density at radius 3 is 2.61 bits per heavy atom. The smallest absolute Gasteiger partial charge is 0.303 e. The van der Waals surface area contributed by atoms with E-state index in [1.807, 2.05) is 13.0 Å². The molecule has 4 rings (SSSR count). The molecule has 2 saturated carbocycles. The van der Waals surface area contributed by atoms with Crippen molar-refractivity contribution in [3.8, 4) is 0 Å². The van der Waals surface area contributed by atoms with Gasteiger partial charge >= 0.3 is 5.97 Å². The van der Waals surface area contributed by atoms with E-state index in [1.165, 1.54) is 12.2 Å². The fourth-order valence-electron chi connectivity index (χ4n) is 6.34. The molecule has 0 radical (unpaired) electrons. The quantitative estimate of drug-likeness (QED) is 0.309. The molecule has 0 amide bonds. The molecule has 0 unspecified atom stereocenters. The Hall–Kier alpha value is -1.61. The largest absolute Gasteiger partial charge is 0.458 e. The number of esters is 1. The standard InChI is InChI=1S/C23H27BrO7/c1-12(25)31-11-19(29)23(30)17(27)9-16-15-5-4-13-8-14(26)6-7-20(13,2)22(15,24)18(28)10-21(16,23)3/h6-9,15,17-18,27-28,30H,4-5,10-11H2,1-3H3/t15-,17+,18-,20-,21-,22-,23-/m0/s1. The monoisotopic (exact) mass is 494 g/mol. The molecule has 7 atom stereocenters. The van der Waals surface area contributed by atoms with Gasteiger partial charge in [-0.3, -0.25) is 14.4 Å². The number of fused-ring (bicyclic) bond motifs is 5. The van der Waals surface area contributed by atoms with Crippen molar-refractivity contribution in [1.29, 1.82) is 0 Å². The van der Waals surface area contributed by atoms with Gasteiger partial charge in [0.15, 0.2) is 18.0 Å². The fraction of sp³-hybridized carbons (Fsp3) is 0.609. The van der Waals surface area contributed by atoms with Gasteiger partial charge in [-0.25, -0.2) is 0 Å². The van der Waals surface area contributed by atoms with E-state index in [9.17, 15) is 29.7 Å². The van der Waals surface area contributed by atoms with E-state index >= 15 is 0 Å². The van der Waals surface area contributed by atoms with Crippen LogP contribution in [0.3, 0.4) is 0 Å². The third kappa shape index (κ3) is 2.71. The molecular formula is C23H27BrO7. The maximum absolute atomic E-state index is 12.9. The van der Waals surface area contributed by atoms with Crippen LogP contribution in [0.1, 0.15) is 40.0 Å². The second-order valence-electron chi connectivity index (χ2n) is 9.56. The van der Waals surface area contributed by atoms with Crippen molar-refractivity contribution in [3.63, 3.8) is 0 Å². The summed E-state index contributed by atoms with van der Waals surface area (Å²) >= 11 is 3.85. The Labute approximate surface area is 189 Å². The van der Waals surface area contributed by atoms with Gasteiger partial charge in [0, 0.05) is 17.8 Å². The van der Waals surface area contributed by atoms with Crippen LogP contribution in [0.4, 0.5) is 0 Å². The van der Waals surface area contributed by atoms with Gasteiger partial charge in [-0.1, -0.05) is 53.1 Å². The fourth-order valence-corrected chi connectivity index (χ4v) is 7.37. The summed E-state index contributed by atoms with van der Waals surface area (Å²) in [4.78, 5) is 36.1. The summed E-state index contributed by atoms with van der Waals surface area (Å²) in [5, 5.41) is 33.8. The molecule has 3 N–H and O–H groups in total. The molecule has 168 valence electrons. The van der Waals surface area contributed by atoms with Gasteiger partial charge in [0.2, 0.25) is 5.78 Å². The Morgan fingerprint density at radius 1 is 1.29 bits per heavy atom. The van der Waals surface area contributed by atoms with Crippen molar-refractivity contribution in [3.05, 3.63) is 35.5 Å². The number of rotatable bonds is 3.